The second kappa shape index (κ2) is 5.61. The van der Waals surface area contributed by atoms with Crippen LogP contribution in [0.1, 0.15) is 33.6 Å². The SMILES string of the molecule is CCCNCCN1CC(C)CC1C. The molecule has 78 valence electrons. The first-order valence-electron chi connectivity index (χ1n) is 5.68. The third kappa shape index (κ3) is 3.65. The predicted octanol–water partition coefficient (Wildman–Crippen LogP) is 1.72. The molecule has 1 N–H and O–H groups in total. The van der Waals surface area contributed by atoms with E-state index in [0.717, 1.165) is 25.0 Å². The highest BCUT2D eigenvalue weighted by molar-refractivity contribution is 4.80. The van der Waals surface area contributed by atoms with Gasteiger partial charge in [-0.15, -0.1) is 0 Å². The summed E-state index contributed by atoms with van der Waals surface area (Å²) in [5.74, 6) is 0.904. The summed E-state index contributed by atoms with van der Waals surface area (Å²) in [6.45, 7) is 11.8. The summed E-state index contributed by atoms with van der Waals surface area (Å²) < 4.78 is 0. The van der Waals surface area contributed by atoms with E-state index in [2.05, 4.69) is 31.0 Å². The Morgan fingerprint density at radius 3 is 2.62 bits per heavy atom. The van der Waals surface area contributed by atoms with E-state index in [1.54, 1.807) is 0 Å². The monoisotopic (exact) mass is 184 g/mol. The minimum Gasteiger partial charge on any atom is -0.315 e. The van der Waals surface area contributed by atoms with E-state index in [-0.39, 0.29) is 0 Å². The zero-order valence-electron chi connectivity index (χ0n) is 9.34. The summed E-state index contributed by atoms with van der Waals surface area (Å²) >= 11 is 0. The number of hydrogen-bond donors (Lipinski definition) is 1. The van der Waals surface area contributed by atoms with Crippen molar-refractivity contribution in [2.75, 3.05) is 26.2 Å². The Bertz CT molecular complexity index is 136. The third-order valence-corrected chi connectivity index (χ3v) is 2.92. The lowest BCUT2D eigenvalue weighted by Crippen LogP contribution is -2.34. The quantitative estimate of drug-likeness (QED) is 0.654. The summed E-state index contributed by atoms with van der Waals surface area (Å²) in [6.07, 6.45) is 2.62. The van der Waals surface area contributed by atoms with E-state index < -0.39 is 0 Å². The number of hydrogen-bond acceptors (Lipinski definition) is 2. The van der Waals surface area contributed by atoms with Gasteiger partial charge in [0.1, 0.15) is 0 Å². The molecule has 2 nitrogen and oxygen atoms in total. The standard InChI is InChI=1S/C11H24N2/c1-4-5-12-6-7-13-9-10(2)8-11(13)3/h10-12H,4-9H2,1-3H3. The van der Waals surface area contributed by atoms with Gasteiger partial charge in [0.2, 0.25) is 0 Å². The molecule has 2 unspecified atom stereocenters. The zero-order valence-corrected chi connectivity index (χ0v) is 9.34. The largest absolute Gasteiger partial charge is 0.315 e. The van der Waals surface area contributed by atoms with Gasteiger partial charge in [-0.1, -0.05) is 13.8 Å². The number of nitrogens with zero attached hydrogens (tertiary/aromatic N) is 1. The maximum absolute atomic E-state index is 3.46. The number of likely N-dealkylation sites (tertiary alicyclic amines) is 1. The molecule has 0 aromatic heterocycles. The lowest BCUT2D eigenvalue weighted by Gasteiger charge is -2.20. The second-order valence-electron chi connectivity index (χ2n) is 4.43. The highest BCUT2D eigenvalue weighted by atomic mass is 15.2. The van der Waals surface area contributed by atoms with Gasteiger partial charge in [-0.2, -0.15) is 0 Å². The van der Waals surface area contributed by atoms with Crippen molar-refractivity contribution in [2.45, 2.75) is 39.7 Å². The molecule has 13 heavy (non-hydrogen) atoms. The molecule has 0 aromatic rings. The topological polar surface area (TPSA) is 15.3 Å². The third-order valence-electron chi connectivity index (χ3n) is 2.92. The van der Waals surface area contributed by atoms with Crippen molar-refractivity contribution in [1.82, 2.24) is 10.2 Å². The summed E-state index contributed by atoms with van der Waals surface area (Å²) in [6, 6.07) is 0.804. The summed E-state index contributed by atoms with van der Waals surface area (Å²) in [5, 5.41) is 3.46. The van der Waals surface area contributed by atoms with Gasteiger partial charge in [-0.3, -0.25) is 4.90 Å². The smallest absolute Gasteiger partial charge is 0.0110 e. The molecule has 1 aliphatic rings. The fourth-order valence-electron chi connectivity index (χ4n) is 2.22. The summed E-state index contributed by atoms with van der Waals surface area (Å²) in [7, 11) is 0. The molecule has 2 heteroatoms. The highest BCUT2D eigenvalue weighted by Gasteiger charge is 2.24. The molecule has 1 saturated heterocycles. The Hall–Kier alpha value is -0.0800. The van der Waals surface area contributed by atoms with E-state index >= 15 is 0 Å². The zero-order chi connectivity index (χ0) is 9.68. The van der Waals surface area contributed by atoms with Crippen LogP contribution < -0.4 is 5.32 Å². The Morgan fingerprint density at radius 2 is 2.08 bits per heavy atom. The fourth-order valence-corrected chi connectivity index (χ4v) is 2.22. The van der Waals surface area contributed by atoms with Gasteiger partial charge in [0.25, 0.3) is 0 Å². The minimum absolute atomic E-state index is 0.804. The van der Waals surface area contributed by atoms with Crippen molar-refractivity contribution in [2.24, 2.45) is 5.92 Å². The molecule has 0 spiro atoms. The van der Waals surface area contributed by atoms with Crippen molar-refractivity contribution < 1.29 is 0 Å². The first-order valence-corrected chi connectivity index (χ1v) is 5.68. The van der Waals surface area contributed by atoms with Gasteiger partial charge < -0.3 is 5.32 Å². The van der Waals surface area contributed by atoms with Crippen molar-refractivity contribution in [3.05, 3.63) is 0 Å². The number of rotatable bonds is 5. The minimum atomic E-state index is 0.804. The van der Waals surface area contributed by atoms with Crippen LogP contribution in [0.15, 0.2) is 0 Å². The molecule has 0 radical (unpaired) electrons. The van der Waals surface area contributed by atoms with Crippen LogP contribution in [-0.2, 0) is 0 Å². The van der Waals surface area contributed by atoms with Crippen LogP contribution in [0, 0.1) is 5.92 Å². The van der Waals surface area contributed by atoms with Crippen LogP contribution in [0.3, 0.4) is 0 Å². The van der Waals surface area contributed by atoms with Crippen LogP contribution in [0.2, 0.25) is 0 Å². The molecule has 0 saturated carbocycles. The van der Waals surface area contributed by atoms with E-state index in [9.17, 15) is 0 Å². The second-order valence-corrected chi connectivity index (χ2v) is 4.43. The highest BCUT2D eigenvalue weighted by Crippen LogP contribution is 2.21. The molecule has 0 aliphatic carbocycles. The molecular formula is C11H24N2. The lowest BCUT2D eigenvalue weighted by atomic mass is 10.1. The van der Waals surface area contributed by atoms with Gasteiger partial charge >= 0.3 is 0 Å². The molecule has 2 atom stereocenters. The molecule has 1 aliphatic heterocycles. The van der Waals surface area contributed by atoms with Crippen molar-refractivity contribution in [3.8, 4) is 0 Å². The normalized spacial score (nSPS) is 29.8. The fraction of sp³-hybridized carbons (Fsp3) is 1.00. The molecule has 1 rings (SSSR count). The van der Waals surface area contributed by atoms with E-state index in [1.807, 2.05) is 0 Å². The Labute approximate surface area is 82.7 Å². The average molecular weight is 184 g/mol. The van der Waals surface area contributed by atoms with E-state index in [1.165, 1.54) is 25.9 Å². The van der Waals surface area contributed by atoms with Gasteiger partial charge in [-0.05, 0) is 32.2 Å². The van der Waals surface area contributed by atoms with Crippen LogP contribution in [-0.4, -0.2) is 37.1 Å². The number of nitrogens with one attached hydrogen (secondary N) is 1. The van der Waals surface area contributed by atoms with Crippen LogP contribution in [0.4, 0.5) is 0 Å². The molecule has 1 fully saturated rings. The van der Waals surface area contributed by atoms with Crippen molar-refractivity contribution in [1.29, 1.82) is 0 Å². The summed E-state index contributed by atoms with van der Waals surface area (Å²) in [4.78, 5) is 2.60. The molecule has 0 aromatic carbocycles. The Balaban J connectivity index is 2.07. The van der Waals surface area contributed by atoms with Crippen LogP contribution >= 0.6 is 0 Å². The Kier molecular flexibility index (Phi) is 4.74. The summed E-state index contributed by atoms with van der Waals surface area (Å²) in [5.41, 5.74) is 0. The van der Waals surface area contributed by atoms with Crippen molar-refractivity contribution >= 4 is 0 Å². The maximum atomic E-state index is 3.46. The molecular weight excluding hydrogens is 160 g/mol. The predicted molar refractivity (Wildman–Crippen MR) is 58.0 cm³/mol. The molecule has 0 amide bonds. The van der Waals surface area contributed by atoms with Gasteiger partial charge in [0.05, 0.1) is 0 Å². The van der Waals surface area contributed by atoms with Gasteiger partial charge in [0.15, 0.2) is 0 Å². The van der Waals surface area contributed by atoms with E-state index in [0.29, 0.717) is 0 Å². The molecule has 0 bridgehead atoms. The first kappa shape index (κ1) is 11.0. The van der Waals surface area contributed by atoms with Gasteiger partial charge in [0, 0.05) is 25.7 Å². The van der Waals surface area contributed by atoms with E-state index in [4.69, 9.17) is 0 Å². The average Bonchev–Trinajstić information content (AvgIpc) is 2.39. The maximum Gasteiger partial charge on any atom is 0.0110 e. The molecule has 1 heterocycles. The van der Waals surface area contributed by atoms with Crippen LogP contribution in [0.25, 0.3) is 0 Å². The first-order chi connectivity index (χ1) is 6.24. The van der Waals surface area contributed by atoms with Crippen molar-refractivity contribution in [3.63, 3.8) is 0 Å². The lowest BCUT2D eigenvalue weighted by molar-refractivity contribution is 0.265. The van der Waals surface area contributed by atoms with Crippen LogP contribution in [0.5, 0.6) is 0 Å². The van der Waals surface area contributed by atoms with Gasteiger partial charge in [-0.25, -0.2) is 0 Å². The Morgan fingerprint density at radius 1 is 1.31 bits per heavy atom.